The number of carbonyl (C=O) groups is 1. The summed E-state index contributed by atoms with van der Waals surface area (Å²) >= 11 is 0. The van der Waals surface area contributed by atoms with E-state index in [9.17, 15) is 9.59 Å². The number of aromatic amines is 1. The van der Waals surface area contributed by atoms with Gasteiger partial charge in [0, 0.05) is 43.1 Å². The lowest BCUT2D eigenvalue weighted by atomic mass is 10.2. The lowest BCUT2D eigenvalue weighted by Gasteiger charge is -2.19. The van der Waals surface area contributed by atoms with Gasteiger partial charge in [-0.05, 0) is 31.0 Å². The lowest BCUT2D eigenvalue weighted by molar-refractivity contribution is 0.0953. The molecule has 2 aromatic rings. The van der Waals surface area contributed by atoms with E-state index in [1.54, 1.807) is 6.07 Å². The first-order valence-electron chi connectivity index (χ1n) is 7.87. The van der Waals surface area contributed by atoms with E-state index in [1.807, 2.05) is 32.2 Å². The second-order valence-corrected chi connectivity index (χ2v) is 5.48. The molecule has 0 aliphatic carbocycles. The van der Waals surface area contributed by atoms with Crippen molar-refractivity contribution in [1.29, 1.82) is 0 Å². The number of rotatable bonds is 7. The van der Waals surface area contributed by atoms with Crippen LogP contribution >= 0.6 is 0 Å². The van der Waals surface area contributed by atoms with Crippen LogP contribution in [-0.4, -0.2) is 31.0 Å². The molecule has 2 rings (SSSR count). The van der Waals surface area contributed by atoms with Crippen molar-refractivity contribution in [2.24, 2.45) is 0 Å². The minimum atomic E-state index is -0.238. The molecule has 0 aliphatic rings. The number of anilines is 1. The maximum atomic E-state index is 12.1. The third-order valence-electron chi connectivity index (χ3n) is 3.70. The molecule has 1 aromatic carbocycles. The number of aryl methyl sites for hydroxylation is 1. The zero-order chi connectivity index (χ0) is 16.7. The molecule has 0 atom stereocenters. The summed E-state index contributed by atoms with van der Waals surface area (Å²) in [5.41, 5.74) is 2.10. The Bertz CT molecular complexity index is 695. The summed E-state index contributed by atoms with van der Waals surface area (Å²) in [6.07, 6.45) is 1.53. The van der Waals surface area contributed by atoms with Crippen molar-refractivity contribution in [2.75, 3.05) is 25.0 Å². The quantitative estimate of drug-likeness (QED) is 0.770. The number of nitrogens with zero attached hydrogens (tertiary/aromatic N) is 1. The Morgan fingerprint density at radius 3 is 2.65 bits per heavy atom. The Labute approximate surface area is 136 Å². The Kier molecular flexibility index (Phi) is 5.97. The first-order chi connectivity index (χ1) is 11.1. The first kappa shape index (κ1) is 16.8. The van der Waals surface area contributed by atoms with Crippen molar-refractivity contribution < 1.29 is 4.79 Å². The molecule has 0 unspecified atom stereocenters. The number of hydrogen-bond donors (Lipinski definition) is 2. The van der Waals surface area contributed by atoms with Crippen molar-refractivity contribution in [3.63, 3.8) is 0 Å². The molecular weight excluding hydrogens is 290 g/mol. The number of benzene rings is 1. The van der Waals surface area contributed by atoms with Gasteiger partial charge in [0.2, 0.25) is 5.56 Å². The third kappa shape index (κ3) is 4.98. The van der Waals surface area contributed by atoms with Gasteiger partial charge in [0.15, 0.2) is 0 Å². The van der Waals surface area contributed by atoms with Crippen LogP contribution in [0.4, 0.5) is 5.69 Å². The maximum Gasteiger partial charge on any atom is 0.251 e. The van der Waals surface area contributed by atoms with Crippen molar-refractivity contribution in [3.8, 4) is 0 Å². The molecule has 0 radical (unpaired) electrons. The average molecular weight is 313 g/mol. The number of nitrogens with one attached hydrogen (secondary N) is 2. The highest BCUT2D eigenvalue weighted by molar-refractivity contribution is 5.94. The van der Waals surface area contributed by atoms with Gasteiger partial charge >= 0.3 is 0 Å². The van der Waals surface area contributed by atoms with Crippen LogP contribution in [-0.2, 0) is 6.42 Å². The summed E-state index contributed by atoms with van der Waals surface area (Å²) in [5.74, 6) is -0.201. The number of para-hydroxylation sites is 1. The highest BCUT2D eigenvalue weighted by Gasteiger charge is 2.07. The number of aromatic nitrogens is 1. The minimum Gasteiger partial charge on any atom is -0.375 e. The average Bonchev–Trinajstić information content (AvgIpc) is 2.58. The number of pyridine rings is 1. The Balaban J connectivity index is 1.81. The summed E-state index contributed by atoms with van der Waals surface area (Å²) in [5, 5.41) is 2.87. The van der Waals surface area contributed by atoms with Crippen LogP contribution in [0.25, 0.3) is 0 Å². The molecule has 5 nitrogen and oxygen atoms in total. The number of carbonyl (C=O) groups excluding carboxylic acids is 1. The van der Waals surface area contributed by atoms with Crippen molar-refractivity contribution in [3.05, 3.63) is 64.1 Å². The molecule has 1 heterocycles. The molecule has 1 amide bonds. The van der Waals surface area contributed by atoms with Crippen LogP contribution < -0.4 is 15.8 Å². The van der Waals surface area contributed by atoms with E-state index in [-0.39, 0.29) is 11.5 Å². The first-order valence-corrected chi connectivity index (χ1v) is 7.87. The Hall–Kier alpha value is -2.56. The molecule has 122 valence electrons. The summed E-state index contributed by atoms with van der Waals surface area (Å²) in [7, 11) is 2.03. The molecule has 23 heavy (non-hydrogen) atoms. The molecule has 0 saturated heterocycles. The van der Waals surface area contributed by atoms with Gasteiger partial charge in [-0.25, -0.2) is 0 Å². The minimum absolute atomic E-state index is 0.201. The van der Waals surface area contributed by atoms with E-state index in [4.69, 9.17) is 0 Å². The fraction of sp³-hybridized carbons (Fsp3) is 0.333. The van der Waals surface area contributed by atoms with Gasteiger partial charge in [0.1, 0.15) is 0 Å². The second-order valence-electron chi connectivity index (χ2n) is 5.48. The van der Waals surface area contributed by atoms with E-state index in [0.29, 0.717) is 18.5 Å². The SMILES string of the molecule is CCc1cc(C(=O)NCCCN(C)c2ccccc2)cc(=O)[nH]1. The summed E-state index contributed by atoms with van der Waals surface area (Å²) in [6.45, 7) is 3.36. The Morgan fingerprint density at radius 2 is 1.96 bits per heavy atom. The van der Waals surface area contributed by atoms with Gasteiger partial charge in [-0.1, -0.05) is 25.1 Å². The molecule has 1 aromatic heterocycles. The molecule has 0 fully saturated rings. The second kappa shape index (κ2) is 8.17. The molecule has 2 N–H and O–H groups in total. The standard InChI is InChI=1S/C18H23N3O2/c1-3-15-12-14(13-17(22)20-15)18(23)19-10-7-11-21(2)16-8-5-4-6-9-16/h4-6,8-9,12-13H,3,7,10-11H2,1-2H3,(H,19,23)(H,20,22). The van der Waals surface area contributed by atoms with Crippen molar-refractivity contribution in [1.82, 2.24) is 10.3 Å². The number of H-pyrrole nitrogens is 1. The summed E-state index contributed by atoms with van der Waals surface area (Å²) in [6, 6.07) is 13.2. The van der Waals surface area contributed by atoms with E-state index >= 15 is 0 Å². The van der Waals surface area contributed by atoms with Gasteiger partial charge < -0.3 is 15.2 Å². The highest BCUT2D eigenvalue weighted by Crippen LogP contribution is 2.10. The van der Waals surface area contributed by atoms with Crippen molar-refractivity contribution in [2.45, 2.75) is 19.8 Å². The van der Waals surface area contributed by atoms with Gasteiger partial charge in [0.05, 0.1) is 0 Å². The maximum absolute atomic E-state index is 12.1. The highest BCUT2D eigenvalue weighted by atomic mass is 16.2. The number of amides is 1. The normalized spacial score (nSPS) is 10.3. The fourth-order valence-corrected chi connectivity index (χ4v) is 2.35. The van der Waals surface area contributed by atoms with Crippen molar-refractivity contribution >= 4 is 11.6 Å². The van der Waals surface area contributed by atoms with Gasteiger partial charge in [-0.2, -0.15) is 0 Å². The van der Waals surface area contributed by atoms with E-state index in [0.717, 1.165) is 24.3 Å². The largest absolute Gasteiger partial charge is 0.375 e. The molecule has 0 bridgehead atoms. The van der Waals surface area contributed by atoms with Gasteiger partial charge in [-0.15, -0.1) is 0 Å². The summed E-state index contributed by atoms with van der Waals surface area (Å²) < 4.78 is 0. The molecular formula is C18H23N3O2. The topological polar surface area (TPSA) is 65.2 Å². The zero-order valence-corrected chi connectivity index (χ0v) is 13.6. The zero-order valence-electron chi connectivity index (χ0n) is 13.6. The summed E-state index contributed by atoms with van der Waals surface area (Å²) in [4.78, 5) is 28.5. The lowest BCUT2D eigenvalue weighted by Crippen LogP contribution is -2.29. The van der Waals surface area contributed by atoms with Crippen LogP contribution in [0.5, 0.6) is 0 Å². The van der Waals surface area contributed by atoms with E-state index in [1.165, 1.54) is 6.07 Å². The van der Waals surface area contributed by atoms with Crippen LogP contribution in [0.2, 0.25) is 0 Å². The fourth-order valence-electron chi connectivity index (χ4n) is 2.35. The Morgan fingerprint density at radius 1 is 1.22 bits per heavy atom. The van der Waals surface area contributed by atoms with Crippen LogP contribution in [0.1, 0.15) is 29.4 Å². The van der Waals surface area contributed by atoms with Crippen LogP contribution in [0.15, 0.2) is 47.3 Å². The van der Waals surface area contributed by atoms with E-state index in [2.05, 4.69) is 27.3 Å². The predicted molar refractivity (Wildman–Crippen MR) is 93.1 cm³/mol. The van der Waals surface area contributed by atoms with Gasteiger partial charge in [-0.3, -0.25) is 9.59 Å². The van der Waals surface area contributed by atoms with Crippen LogP contribution in [0, 0.1) is 0 Å². The third-order valence-corrected chi connectivity index (χ3v) is 3.70. The van der Waals surface area contributed by atoms with Gasteiger partial charge in [0.25, 0.3) is 5.91 Å². The molecule has 0 aliphatic heterocycles. The molecule has 0 spiro atoms. The molecule has 0 saturated carbocycles. The number of hydrogen-bond acceptors (Lipinski definition) is 3. The monoisotopic (exact) mass is 313 g/mol. The molecule has 5 heteroatoms. The predicted octanol–water partition coefficient (Wildman–Crippen LogP) is 2.19. The van der Waals surface area contributed by atoms with Crippen LogP contribution in [0.3, 0.4) is 0 Å². The van der Waals surface area contributed by atoms with E-state index < -0.39 is 0 Å². The smallest absolute Gasteiger partial charge is 0.251 e.